The van der Waals surface area contributed by atoms with Crippen molar-refractivity contribution in [3.63, 3.8) is 0 Å². The van der Waals surface area contributed by atoms with Crippen molar-refractivity contribution in [2.24, 2.45) is 0 Å². The Bertz CT molecular complexity index is 946. The van der Waals surface area contributed by atoms with E-state index in [0.29, 0.717) is 0 Å². The van der Waals surface area contributed by atoms with Crippen molar-refractivity contribution in [2.45, 2.75) is 6.92 Å². The van der Waals surface area contributed by atoms with Gasteiger partial charge in [-0.25, -0.2) is 0 Å². The smallest absolute Gasteiger partial charge is 0.221 e. The minimum Gasteiger partial charge on any atom is -0.326 e. The molecule has 0 spiro atoms. The molecule has 4 aromatic rings. The molecule has 2 nitrogen and oxygen atoms in total. The Kier molecular flexibility index (Phi) is 3.62. The Morgan fingerprint density at radius 1 is 0.810 bits per heavy atom. The Labute approximate surface area is 144 Å². The summed E-state index contributed by atoms with van der Waals surface area (Å²) < 4.78 is 0. The van der Waals surface area contributed by atoms with Crippen molar-refractivity contribution < 1.29 is 4.79 Å². The van der Waals surface area contributed by atoms with Crippen molar-refractivity contribution in [1.29, 1.82) is 0 Å². The molecule has 0 aliphatic heterocycles. The number of hydrogen-bond donors (Lipinski definition) is 1. The summed E-state index contributed by atoms with van der Waals surface area (Å²) >= 11 is 0. The zero-order valence-electron chi connectivity index (χ0n) is 12.1. The fraction of sp³-hybridized carbons (Fsp3) is 0.0556. The minimum absolute atomic E-state index is 0. The van der Waals surface area contributed by atoms with E-state index in [9.17, 15) is 4.79 Å². The standard InChI is InChI=1S/C18H13NO.Na/c1-11(20)19-16-10-8-14-6-5-12-3-2-4-13-7-9-15(16)18(14)17(12)13;/h2-10H,1H3,(H,19,20);. The van der Waals surface area contributed by atoms with Crippen molar-refractivity contribution in [2.75, 3.05) is 5.32 Å². The Hall–Kier alpha value is -1.61. The van der Waals surface area contributed by atoms with E-state index in [4.69, 9.17) is 0 Å². The van der Waals surface area contributed by atoms with Crippen LogP contribution in [0.5, 0.6) is 0 Å². The van der Waals surface area contributed by atoms with Gasteiger partial charge in [0, 0.05) is 47.6 Å². The van der Waals surface area contributed by atoms with Gasteiger partial charge in [-0.05, 0) is 33.0 Å². The van der Waals surface area contributed by atoms with Gasteiger partial charge in [0.2, 0.25) is 5.91 Å². The molecule has 0 aliphatic rings. The molecule has 1 radical (unpaired) electrons. The second-order valence-electron chi connectivity index (χ2n) is 5.15. The third-order valence-corrected chi connectivity index (χ3v) is 3.84. The van der Waals surface area contributed by atoms with Crippen LogP contribution in [-0.4, -0.2) is 35.5 Å². The normalized spacial score (nSPS) is 10.9. The number of carbonyl (C=O) groups is 1. The molecule has 0 heterocycles. The van der Waals surface area contributed by atoms with Crippen LogP contribution in [0.3, 0.4) is 0 Å². The molecule has 1 amide bonds. The minimum atomic E-state index is -0.0416. The number of anilines is 1. The molecule has 4 rings (SSSR count). The van der Waals surface area contributed by atoms with Crippen LogP contribution < -0.4 is 5.32 Å². The van der Waals surface area contributed by atoms with E-state index < -0.39 is 0 Å². The second-order valence-corrected chi connectivity index (χ2v) is 5.15. The van der Waals surface area contributed by atoms with Gasteiger partial charge in [-0.2, -0.15) is 0 Å². The second kappa shape index (κ2) is 5.30. The topological polar surface area (TPSA) is 29.1 Å². The van der Waals surface area contributed by atoms with Gasteiger partial charge in [-0.3, -0.25) is 4.79 Å². The molecule has 0 aliphatic carbocycles. The fourth-order valence-corrected chi connectivity index (χ4v) is 3.03. The molecule has 21 heavy (non-hydrogen) atoms. The van der Waals surface area contributed by atoms with E-state index in [-0.39, 0.29) is 35.5 Å². The first-order valence-electron chi connectivity index (χ1n) is 6.68. The first-order chi connectivity index (χ1) is 9.74. The van der Waals surface area contributed by atoms with Crippen LogP contribution in [0, 0.1) is 0 Å². The molecule has 0 aromatic heterocycles. The predicted molar refractivity (Wildman–Crippen MR) is 90.2 cm³/mol. The molecule has 3 heteroatoms. The first kappa shape index (κ1) is 14.3. The molecule has 0 unspecified atom stereocenters. The van der Waals surface area contributed by atoms with E-state index in [1.165, 1.54) is 33.9 Å². The zero-order chi connectivity index (χ0) is 13.7. The van der Waals surface area contributed by atoms with E-state index in [0.717, 1.165) is 11.1 Å². The third kappa shape index (κ3) is 2.20. The Balaban J connectivity index is 0.00000132. The summed E-state index contributed by atoms with van der Waals surface area (Å²) in [5.41, 5.74) is 0.878. The van der Waals surface area contributed by atoms with E-state index in [2.05, 4.69) is 53.8 Å². The largest absolute Gasteiger partial charge is 0.326 e. The van der Waals surface area contributed by atoms with Gasteiger partial charge in [0.05, 0.1) is 0 Å². The molecule has 0 bridgehead atoms. The number of benzene rings is 4. The first-order valence-corrected chi connectivity index (χ1v) is 6.68. The van der Waals surface area contributed by atoms with Crippen LogP contribution >= 0.6 is 0 Å². The van der Waals surface area contributed by atoms with Crippen LogP contribution in [0.1, 0.15) is 6.92 Å². The number of hydrogen-bond acceptors (Lipinski definition) is 1. The van der Waals surface area contributed by atoms with Crippen molar-refractivity contribution >= 4 is 73.5 Å². The van der Waals surface area contributed by atoms with E-state index >= 15 is 0 Å². The quantitative estimate of drug-likeness (QED) is 0.412. The summed E-state index contributed by atoms with van der Waals surface area (Å²) in [6, 6.07) is 18.9. The SMILES string of the molecule is CC(=O)Nc1ccc2ccc3cccc4ccc1c2c34.[Na]. The van der Waals surface area contributed by atoms with Crippen LogP contribution in [0.2, 0.25) is 0 Å². The van der Waals surface area contributed by atoms with E-state index in [1.54, 1.807) is 0 Å². The van der Waals surface area contributed by atoms with Gasteiger partial charge in [-0.15, -0.1) is 0 Å². The molecule has 4 aromatic carbocycles. The summed E-state index contributed by atoms with van der Waals surface area (Å²) in [7, 11) is 0. The Morgan fingerprint density at radius 3 is 2.05 bits per heavy atom. The third-order valence-electron chi connectivity index (χ3n) is 3.84. The van der Waals surface area contributed by atoms with Crippen molar-refractivity contribution in [3.05, 3.63) is 54.6 Å². The van der Waals surface area contributed by atoms with E-state index in [1.807, 2.05) is 6.07 Å². The zero-order valence-corrected chi connectivity index (χ0v) is 14.1. The summed E-state index contributed by atoms with van der Waals surface area (Å²) in [6.45, 7) is 1.54. The molecule has 0 atom stereocenters. The monoisotopic (exact) mass is 282 g/mol. The van der Waals surface area contributed by atoms with Gasteiger partial charge < -0.3 is 5.32 Å². The molecule has 0 saturated heterocycles. The van der Waals surface area contributed by atoms with Crippen LogP contribution in [0.25, 0.3) is 32.3 Å². The summed E-state index contributed by atoms with van der Waals surface area (Å²) in [6.07, 6.45) is 0. The van der Waals surface area contributed by atoms with Crippen LogP contribution in [-0.2, 0) is 4.79 Å². The maximum absolute atomic E-state index is 11.4. The van der Waals surface area contributed by atoms with Crippen LogP contribution in [0.15, 0.2) is 54.6 Å². The summed E-state index contributed by atoms with van der Waals surface area (Å²) in [5.74, 6) is -0.0416. The van der Waals surface area contributed by atoms with Crippen LogP contribution in [0.4, 0.5) is 5.69 Å². The average Bonchev–Trinajstić information content (AvgIpc) is 2.46. The van der Waals surface area contributed by atoms with Gasteiger partial charge in [0.25, 0.3) is 0 Å². The van der Waals surface area contributed by atoms with Gasteiger partial charge in [0.1, 0.15) is 0 Å². The summed E-state index contributed by atoms with van der Waals surface area (Å²) in [4.78, 5) is 11.4. The molecular weight excluding hydrogens is 269 g/mol. The average molecular weight is 282 g/mol. The maximum atomic E-state index is 11.4. The molecule has 0 saturated carbocycles. The molecule has 0 fully saturated rings. The van der Waals surface area contributed by atoms with Gasteiger partial charge in [-0.1, -0.05) is 48.5 Å². The molecular formula is C18H13NNaO. The number of rotatable bonds is 1. The van der Waals surface area contributed by atoms with Crippen molar-refractivity contribution in [1.82, 2.24) is 0 Å². The molecule has 97 valence electrons. The Morgan fingerprint density at radius 2 is 1.38 bits per heavy atom. The molecule has 1 N–H and O–H groups in total. The maximum Gasteiger partial charge on any atom is 0.221 e. The van der Waals surface area contributed by atoms with Gasteiger partial charge >= 0.3 is 0 Å². The number of amides is 1. The number of nitrogens with one attached hydrogen (secondary N) is 1. The summed E-state index contributed by atoms with van der Waals surface area (Å²) in [5, 5.41) is 10.2. The van der Waals surface area contributed by atoms with Gasteiger partial charge in [0.15, 0.2) is 0 Å². The fourth-order valence-electron chi connectivity index (χ4n) is 3.03. The predicted octanol–water partition coefficient (Wildman–Crippen LogP) is 4.16. The van der Waals surface area contributed by atoms with Crippen molar-refractivity contribution in [3.8, 4) is 0 Å². The number of carbonyl (C=O) groups excluding carboxylic acids is 1.